The number of carboxylic acids is 1. The lowest BCUT2D eigenvalue weighted by atomic mass is 10.1. The van der Waals surface area contributed by atoms with Gasteiger partial charge in [-0.05, 0) is 43.9 Å². The molecule has 1 aromatic carbocycles. The summed E-state index contributed by atoms with van der Waals surface area (Å²) >= 11 is 5.97. The Morgan fingerprint density at radius 1 is 1.40 bits per heavy atom. The third-order valence-electron chi connectivity index (χ3n) is 3.41. The first-order valence-electron chi connectivity index (χ1n) is 6.35. The molecule has 20 heavy (non-hydrogen) atoms. The quantitative estimate of drug-likeness (QED) is 0.928. The van der Waals surface area contributed by atoms with Crippen LogP contribution in [0.4, 0.5) is 0 Å². The molecule has 1 unspecified atom stereocenters. The summed E-state index contributed by atoms with van der Waals surface area (Å²) in [6.07, 6.45) is 1.70. The van der Waals surface area contributed by atoms with Gasteiger partial charge < -0.3 is 5.11 Å². The molecule has 2 rings (SSSR count). The summed E-state index contributed by atoms with van der Waals surface area (Å²) in [6, 6.07) is 3.70. The number of hydrogen-bond acceptors (Lipinski definition) is 3. The number of carbonyl (C=O) groups is 1. The van der Waals surface area contributed by atoms with E-state index in [-0.39, 0.29) is 16.5 Å². The molecule has 1 N–H and O–H groups in total. The zero-order valence-corrected chi connectivity index (χ0v) is 12.6. The number of piperidine rings is 1. The monoisotopic (exact) mass is 317 g/mol. The number of hydrogen-bond donors (Lipinski definition) is 1. The van der Waals surface area contributed by atoms with Gasteiger partial charge in [0.25, 0.3) is 0 Å². The van der Waals surface area contributed by atoms with Crippen LogP contribution in [0.5, 0.6) is 0 Å². The maximum Gasteiger partial charge on any atom is 0.322 e. The Balaban J connectivity index is 2.47. The van der Waals surface area contributed by atoms with E-state index >= 15 is 0 Å². The molecule has 0 spiro atoms. The number of benzene rings is 1. The van der Waals surface area contributed by atoms with Crippen molar-refractivity contribution in [2.24, 2.45) is 0 Å². The third-order valence-corrected chi connectivity index (χ3v) is 5.80. The van der Waals surface area contributed by atoms with Gasteiger partial charge in [0.15, 0.2) is 0 Å². The molecular weight excluding hydrogens is 302 g/mol. The van der Waals surface area contributed by atoms with Gasteiger partial charge in [0, 0.05) is 6.54 Å². The maximum atomic E-state index is 12.7. The van der Waals surface area contributed by atoms with Crippen LogP contribution in [0.15, 0.2) is 23.1 Å². The van der Waals surface area contributed by atoms with Crippen molar-refractivity contribution in [3.05, 3.63) is 28.8 Å². The van der Waals surface area contributed by atoms with Crippen LogP contribution in [0.2, 0.25) is 5.02 Å². The van der Waals surface area contributed by atoms with Crippen molar-refractivity contribution < 1.29 is 18.3 Å². The predicted octanol–water partition coefficient (Wildman–Crippen LogP) is 2.28. The van der Waals surface area contributed by atoms with Gasteiger partial charge in [0.2, 0.25) is 10.0 Å². The van der Waals surface area contributed by atoms with E-state index < -0.39 is 22.0 Å². The van der Waals surface area contributed by atoms with Crippen molar-refractivity contribution in [1.82, 2.24) is 4.31 Å². The highest BCUT2D eigenvalue weighted by Gasteiger charge is 2.38. The van der Waals surface area contributed by atoms with E-state index in [1.807, 2.05) is 0 Å². The number of rotatable bonds is 3. The van der Waals surface area contributed by atoms with Crippen molar-refractivity contribution in [3.63, 3.8) is 0 Å². The Morgan fingerprint density at radius 3 is 2.75 bits per heavy atom. The Bertz CT molecular complexity index is 629. The second-order valence-corrected chi connectivity index (χ2v) is 7.17. The second-order valence-electron chi connectivity index (χ2n) is 4.90. The van der Waals surface area contributed by atoms with Gasteiger partial charge >= 0.3 is 5.97 Å². The number of nitrogens with zero attached hydrogens (tertiary/aromatic N) is 1. The van der Waals surface area contributed by atoms with Gasteiger partial charge in [-0.1, -0.05) is 17.7 Å². The Morgan fingerprint density at radius 2 is 2.10 bits per heavy atom. The molecule has 1 aliphatic rings. The van der Waals surface area contributed by atoms with E-state index in [4.69, 9.17) is 11.6 Å². The minimum Gasteiger partial charge on any atom is -0.480 e. The fraction of sp³-hybridized carbons (Fsp3) is 0.462. The van der Waals surface area contributed by atoms with E-state index in [1.54, 1.807) is 13.0 Å². The van der Waals surface area contributed by atoms with E-state index in [0.29, 0.717) is 19.3 Å². The molecule has 1 saturated heterocycles. The predicted molar refractivity (Wildman–Crippen MR) is 75.4 cm³/mol. The molecule has 1 aromatic rings. The zero-order valence-electron chi connectivity index (χ0n) is 11.0. The molecule has 7 heteroatoms. The molecule has 5 nitrogen and oxygen atoms in total. The lowest BCUT2D eigenvalue weighted by Crippen LogP contribution is -2.47. The van der Waals surface area contributed by atoms with E-state index in [2.05, 4.69) is 0 Å². The van der Waals surface area contributed by atoms with Crippen molar-refractivity contribution in [3.8, 4) is 0 Å². The van der Waals surface area contributed by atoms with E-state index in [0.717, 1.165) is 9.87 Å². The van der Waals surface area contributed by atoms with E-state index in [9.17, 15) is 18.3 Å². The number of halogens is 1. The van der Waals surface area contributed by atoms with Crippen LogP contribution in [-0.4, -0.2) is 36.4 Å². The van der Waals surface area contributed by atoms with Gasteiger partial charge in [-0.3, -0.25) is 4.79 Å². The molecule has 0 bridgehead atoms. The first-order valence-corrected chi connectivity index (χ1v) is 8.16. The fourth-order valence-electron chi connectivity index (χ4n) is 2.37. The minimum absolute atomic E-state index is 0.0210. The van der Waals surface area contributed by atoms with Crippen LogP contribution in [0.3, 0.4) is 0 Å². The molecule has 0 saturated carbocycles. The van der Waals surface area contributed by atoms with Crippen LogP contribution < -0.4 is 0 Å². The molecule has 1 atom stereocenters. The largest absolute Gasteiger partial charge is 0.480 e. The molecule has 0 amide bonds. The average Bonchev–Trinajstić information content (AvgIpc) is 2.41. The maximum absolute atomic E-state index is 12.7. The van der Waals surface area contributed by atoms with Crippen molar-refractivity contribution in [1.29, 1.82) is 0 Å². The summed E-state index contributed by atoms with van der Waals surface area (Å²) in [5.74, 6) is -1.11. The first-order chi connectivity index (χ1) is 9.34. The second kappa shape index (κ2) is 5.71. The summed E-state index contributed by atoms with van der Waals surface area (Å²) in [5.41, 5.74) is 0.761. The minimum atomic E-state index is -3.89. The van der Waals surface area contributed by atoms with Gasteiger partial charge in [-0.2, -0.15) is 4.31 Å². The van der Waals surface area contributed by atoms with Crippen molar-refractivity contribution in [2.45, 2.75) is 37.1 Å². The van der Waals surface area contributed by atoms with Crippen LogP contribution in [0, 0.1) is 6.92 Å². The number of sulfonamides is 1. The average molecular weight is 318 g/mol. The number of aliphatic carboxylic acids is 1. The summed E-state index contributed by atoms with van der Waals surface area (Å²) in [7, 11) is -3.89. The Kier molecular flexibility index (Phi) is 4.36. The fourth-order valence-corrected chi connectivity index (χ4v) is 4.59. The number of carboxylic acid groups (broad SMARTS) is 1. The van der Waals surface area contributed by atoms with Crippen molar-refractivity contribution in [2.75, 3.05) is 6.54 Å². The smallest absolute Gasteiger partial charge is 0.322 e. The van der Waals surface area contributed by atoms with Gasteiger partial charge in [-0.25, -0.2) is 8.42 Å². The summed E-state index contributed by atoms with van der Waals surface area (Å²) in [4.78, 5) is 11.2. The summed E-state index contributed by atoms with van der Waals surface area (Å²) < 4.78 is 26.4. The molecule has 1 heterocycles. The standard InChI is InChI=1S/C13H16ClNO4S/c1-9-5-6-10(14)12(8-9)20(18,19)15-7-3-2-4-11(15)13(16)17/h5-6,8,11H,2-4,7H2,1H3,(H,16,17). The first kappa shape index (κ1) is 15.3. The summed E-state index contributed by atoms with van der Waals surface area (Å²) in [6.45, 7) is 1.98. The Hall–Kier alpha value is -1.11. The highest BCUT2D eigenvalue weighted by molar-refractivity contribution is 7.89. The molecule has 1 aliphatic heterocycles. The van der Waals surface area contributed by atoms with Gasteiger partial charge in [0.05, 0.1) is 5.02 Å². The topological polar surface area (TPSA) is 74.7 Å². The Labute approximate surface area is 123 Å². The van der Waals surface area contributed by atoms with Crippen LogP contribution in [-0.2, 0) is 14.8 Å². The molecule has 110 valence electrons. The SMILES string of the molecule is Cc1ccc(Cl)c(S(=O)(=O)N2CCCCC2C(=O)O)c1. The highest BCUT2D eigenvalue weighted by atomic mass is 35.5. The van der Waals surface area contributed by atoms with Crippen LogP contribution >= 0.6 is 11.6 Å². The third kappa shape index (κ3) is 2.82. The molecule has 0 radical (unpaired) electrons. The van der Waals surface area contributed by atoms with Gasteiger partial charge in [-0.15, -0.1) is 0 Å². The van der Waals surface area contributed by atoms with Crippen LogP contribution in [0.1, 0.15) is 24.8 Å². The molecule has 0 aromatic heterocycles. The number of aryl methyl sites for hydroxylation is 1. The zero-order chi connectivity index (χ0) is 14.9. The van der Waals surface area contributed by atoms with E-state index in [1.165, 1.54) is 12.1 Å². The normalized spacial score (nSPS) is 20.8. The lowest BCUT2D eigenvalue weighted by molar-refractivity contribution is -0.142. The van der Waals surface area contributed by atoms with Crippen molar-refractivity contribution >= 4 is 27.6 Å². The summed E-state index contributed by atoms with van der Waals surface area (Å²) in [5, 5.41) is 9.32. The van der Waals surface area contributed by atoms with Crippen LogP contribution in [0.25, 0.3) is 0 Å². The molecule has 0 aliphatic carbocycles. The lowest BCUT2D eigenvalue weighted by Gasteiger charge is -2.32. The molecule has 1 fully saturated rings. The van der Waals surface area contributed by atoms with Gasteiger partial charge in [0.1, 0.15) is 10.9 Å². The highest BCUT2D eigenvalue weighted by Crippen LogP contribution is 2.30. The molecular formula is C13H16ClNO4S.